The minimum atomic E-state index is -0.142. The molecule has 0 aliphatic carbocycles. The van der Waals surface area contributed by atoms with Crippen molar-refractivity contribution < 1.29 is 4.79 Å². The van der Waals surface area contributed by atoms with E-state index < -0.39 is 0 Å². The number of anilines is 1. The summed E-state index contributed by atoms with van der Waals surface area (Å²) in [5.74, 6) is 0. The molecular formula is C22H29ClN4O. The highest BCUT2D eigenvalue weighted by atomic mass is 35.5. The van der Waals surface area contributed by atoms with Crippen LogP contribution in [0.1, 0.15) is 17.5 Å². The lowest BCUT2D eigenvalue weighted by molar-refractivity contribution is 0.126. The molecule has 2 aromatic carbocycles. The molecule has 6 heteroatoms. The van der Waals surface area contributed by atoms with Gasteiger partial charge in [0.25, 0.3) is 0 Å². The number of carbonyl (C=O) groups is 1. The lowest BCUT2D eigenvalue weighted by atomic mass is 10.2. The minimum Gasteiger partial charge on any atom is -0.338 e. The largest absolute Gasteiger partial charge is 0.338 e. The zero-order valence-electron chi connectivity index (χ0n) is 16.5. The second kappa shape index (κ2) is 10.5. The van der Waals surface area contributed by atoms with E-state index in [1.165, 1.54) is 11.1 Å². The van der Waals surface area contributed by atoms with Crippen molar-refractivity contribution in [1.82, 2.24) is 15.1 Å². The summed E-state index contributed by atoms with van der Waals surface area (Å²) in [6.45, 7) is 9.00. The number of nitrogens with one attached hydrogen (secondary N) is 2. The molecule has 2 amide bonds. The molecule has 150 valence electrons. The van der Waals surface area contributed by atoms with E-state index in [0.717, 1.165) is 56.4 Å². The smallest absolute Gasteiger partial charge is 0.319 e. The fraction of sp³-hybridized carbons (Fsp3) is 0.409. The molecule has 0 aromatic heterocycles. The predicted molar refractivity (Wildman–Crippen MR) is 116 cm³/mol. The summed E-state index contributed by atoms with van der Waals surface area (Å²) in [5.41, 5.74) is 3.31. The summed E-state index contributed by atoms with van der Waals surface area (Å²) in [4.78, 5) is 16.9. The van der Waals surface area contributed by atoms with E-state index in [9.17, 15) is 4.79 Å². The highest BCUT2D eigenvalue weighted by Crippen LogP contribution is 2.13. The van der Waals surface area contributed by atoms with Crippen LogP contribution in [0.15, 0.2) is 48.5 Å². The standard InChI is InChI=1S/C22H29ClN4O/c1-18-3-9-21(10-4-18)25-22(28)24-11-2-12-26-13-15-27(16-14-26)17-19-5-7-20(23)8-6-19/h3-10H,2,11-17H2,1H3,(H2,24,25,28). The second-order valence-electron chi connectivity index (χ2n) is 7.34. The monoisotopic (exact) mass is 400 g/mol. The van der Waals surface area contributed by atoms with Crippen molar-refractivity contribution in [2.75, 3.05) is 44.6 Å². The van der Waals surface area contributed by atoms with Gasteiger partial charge in [-0.2, -0.15) is 0 Å². The molecule has 1 aliphatic heterocycles. The van der Waals surface area contributed by atoms with Gasteiger partial charge in [-0.25, -0.2) is 4.79 Å². The Hall–Kier alpha value is -2.08. The fourth-order valence-electron chi connectivity index (χ4n) is 3.34. The molecule has 3 rings (SSSR count). The Labute approximate surface area is 172 Å². The Balaban J connectivity index is 1.27. The van der Waals surface area contributed by atoms with E-state index in [2.05, 4.69) is 32.6 Å². The SMILES string of the molecule is Cc1ccc(NC(=O)NCCCN2CCN(Cc3ccc(Cl)cc3)CC2)cc1. The van der Waals surface area contributed by atoms with Gasteiger partial charge >= 0.3 is 6.03 Å². The van der Waals surface area contributed by atoms with Gasteiger partial charge in [-0.05, 0) is 49.7 Å². The summed E-state index contributed by atoms with van der Waals surface area (Å²) in [6, 6.07) is 15.8. The predicted octanol–water partition coefficient (Wildman–Crippen LogP) is 3.98. The van der Waals surface area contributed by atoms with E-state index in [0.29, 0.717) is 6.54 Å². The molecule has 0 spiro atoms. The molecule has 28 heavy (non-hydrogen) atoms. The van der Waals surface area contributed by atoms with Gasteiger partial charge in [-0.1, -0.05) is 41.4 Å². The molecular weight excluding hydrogens is 372 g/mol. The summed E-state index contributed by atoms with van der Waals surface area (Å²) in [5, 5.41) is 6.58. The molecule has 0 unspecified atom stereocenters. The van der Waals surface area contributed by atoms with Crippen molar-refractivity contribution in [3.8, 4) is 0 Å². The third kappa shape index (κ3) is 6.82. The van der Waals surface area contributed by atoms with Crippen LogP contribution < -0.4 is 10.6 Å². The van der Waals surface area contributed by atoms with Crippen molar-refractivity contribution in [1.29, 1.82) is 0 Å². The maximum Gasteiger partial charge on any atom is 0.319 e. The summed E-state index contributed by atoms with van der Waals surface area (Å²) in [7, 11) is 0. The van der Waals surface area contributed by atoms with E-state index in [-0.39, 0.29) is 6.03 Å². The van der Waals surface area contributed by atoms with Crippen LogP contribution in [0.3, 0.4) is 0 Å². The Morgan fingerprint density at radius 2 is 1.61 bits per heavy atom. The molecule has 0 atom stereocenters. The number of amides is 2. The number of rotatable bonds is 7. The number of hydrogen-bond acceptors (Lipinski definition) is 3. The molecule has 2 N–H and O–H groups in total. The number of piperazine rings is 1. The number of aryl methyl sites for hydroxylation is 1. The first-order valence-corrected chi connectivity index (χ1v) is 10.3. The summed E-state index contributed by atoms with van der Waals surface area (Å²) in [6.07, 6.45) is 0.957. The number of nitrogens with zero attached hydrogens (tertiary/aromatic N) is 2. The van der Waals surface area contributed by atoms with Gasteiger partial charge < -0.3 is 15.5 Å². The van der Waals surface area contributed by atoms with Crippen molar-refractivity contribution >= 4 is 23.3 Å². The van der Waals surface area contributed by atoms with Crippen molar-refractivity contribution in [3.63, 3.8) is 0 Å². The molecule has 1 aliphatic rings. The number of halogens is 1. The van der Waals surface area contributed by atoms with Gasteiger partial charge in [-0.3, -0.25) is 4.90 Å². The quantitative estimate of drug-likeness (QED) is 0.691. The molecule has 0 radical (unpaired) electrons. The van der Waals surface area contributed by atoms with Crippen LogP contribution >= 0.6 is 11.6 Å². The van der Waals surface area contributed by atoms with Crippen molar-refractivity contribution in [2.45, 2.75) is 19.9 Å². The number of carbonyl (C=O) groups excluding carboxylic acids is 1. The zero-order valence-corrected chi connectivity index (χ0v) is 17.2. The fourth-order valence-corrected chi connectivity index (χ4v) is 3.46. The van der Waals surface area contributed by atoms with E-state index in [1.807, 2.05) is 43.3 Å². The molecule has 1 heterocycles. The Morgan fingerprint density at radius 3 is 2.29 bits per heavy atom. The summed E-state index contributed by atoms with van der Waals surface area (Å²) < 4.78 is 0. The lowest BCUT2D eigenvalue weighted by Gasteiger charge is -2.34. The molecule has 1 fully saturated rings. The number of hydrogen-bond donors (Lipinski definition) is 2. The molecule has 0 saturated carbocycles. The van der Waals surface area contributed by atoms with Gasteiger partial charge in [0.2, 0.25) is 0 Å². The first-order chi connectivity index (χ1) is 13.6. The molecule has 1 saturated heterocycles. The zero-order chi connectivity index (χ0) is 19.8. The highest BCUT2D eigenvalue weighted by Gasteiger charge is 2.16. The molecule has 0 bridgehead atoms. The van der Waals surface area contributed by atoms with Crippen LogP contribution in [0, 0.1) is 6.92 Å². The Kier molecular flexibility index (Phi) is 7.71. The van der Waals surface area contributed by atoms with Crippen LogP contribution in [0.5, 0.6) is 0 Å². The normalized spacial score (nSPS) is 15.4. The van der Waals surface area contributed by atoms with E-state index in [4.69, 9.17) is 11.6 Å². The second-order valence-corrected chi connectivity index (χ2v) is 7.78. The first-order valence-electron chi connectivity index (χ1n) is 9.89. The van der Waals surface area contributed by atoms with Crippen LogP contribution in [-0.4, -0.2) is 55.1 Å². The topological polar surface area (TPSA) is 47.6 Å². The third-order valence-electron chi connectivity index (χ3n) is 5.03. The maximum atomic E-state index is 11.9. The lowest BCUT2D eigenvalue weighted by Crippen LogP contribution is -2.46. The number of benzene rings is 2. The van der Waals surface area contributed by atoms with Gasteiger partial charge in [-0.15, -0.1) is 0 Å². The van der Waals surface area contributed by atoms with E-state index >= 15 is 0 Å². The maximum absolute atomic E-state index is 11.9. The van der Waals surface area contributed by atoms with Crippen LogP contribution in [0.2, 0.25) is 5.02 Å². The first kappa shape index (κ1) is 20.6. The summed E-state index contributed by atoms with van der Waals surface area (Å²) >= 11 is 5.95. The molecule has 2 aromatic rings. The average Bonchev–Trinajstić information content (AvgIpc) is 2.70. The van der Waals surface area contributed by atoms with Crippen LogP contribution in [0.25, 0.3) is 0 Å². The van der Waals surface area contributed by atoms with Crippen molar-refractivity contribution in [3.05, 3.63) is 64.7 Å². The third-order valence-corrected chi connectivity index (χ3v) is 5.28. The van der Waals surface area contributed by atoms with Gasteiger partial charge in [0.05, 0.1) is 0 Å². The van der Waals surface area contributed by atoms with Gasteiger partial charge in [0.1, 0.15) is 0 Å². The Bertz CT molecular complexity index is 740. The molecule has 5 nitrogen and oxygen atoms in total. The minimum absolute atomic E-state index is 0.142. The number of urea groups is 1. The van der Waals surface area contributed by atoms with E-state index in [1.54, 1.807) is 0 Å². The van der Waals surface area contributed by atoms with Gasteiger partial charge in [0, 0.05) is 50.0 Å². The highest BCUT2D eigenvalue weighted by molar-refractivity contribution is 6.30. The van der Waals surface area contributed by atoms with Crippen molar-refractivity contribution in [2.24, 2.45) is 0 Å². The average molecular weight is 401 g/mol. The van der Waals surface area contributed by atoms with Crippen LogP contribution in [-0.2, 0) is 6.54 Å². The van der Waals surface area contributed by atoms with Crippen LogP contribution in [0.4, 0.5) is 10.5 Å². The van der Waals surface area contributed by atoms with Gasteiger partial charge in [0.15, 0.2) is 0 Å². The Morgan fingerprint density at radius 1 is 0.964 bits per heavy atom.